The first-order valence-corrected chi connectivity index (χ1v) is 19.5. The van der Waals surface area contributed by atoms with Gasteiger partial charge in [-0.05, 0) is 75.6 Å². The number of ether oxygens (including phenoxy) is 4. The maximum absolute atomic E-state index is 17.1. The molecule has 1 aliphatic carbocycles. The number of hydrogen-bond donors (Lipinski definition) is 2. The van der Waals surface area contributed by atoms with E-state index in [1.165, 1.54) is 30.5 Å². The molecular weight excluding hydrogens is 708 g/mol. The number of benzene rings is 2. The van der Waals surface area contributed by atoms with Gasteiger partial charge < -0.3 is 34.1 Å². The Morgan fingerprint density at radius 3 is 2.73 bits per heavy atom. The summed E-state index contributed by atoms with van der Waals surface area (Å²) in [7, 11) is 0. The van der Waals surface area contributed by atoms with Crippen molar-refractivity contribution < 1.29 is 37.9 Å². The van der Waals surface area contributed by atoms with Crippen LogP contribution >= 0.6 is 0 Å². The molecule has 1 saturated carbocycles. The number of phenolic OH excluding ortho intramolecular Hbond substituents is 1. The van der Waals surface area contributed by atoms with Crippen LogP contribution in [0.15, 0.2) is 30.5 Å². The Balaban J connectivity index is 1.10. The Morgan fingerprint density at radius 2 is 1.89 bits per heavy atom. The lowest BCUT2D eigenvalue weighted by atomic mass is 9.74. The van der Waals surface area contributed by atoms with E-state index in [9.17, 15) is 10.2 Å². The molecule has 5 aliphatic rings. The number of β-amino-alcohol motifs (C(OH)–C–C–N with tert-alkyl or cyclic N) is 1. The number of pyridine rings is 1. The fourth-order valence-corrected chi connectivity index (χ4v) is 10.2. The molecule has 290 valence electrons. The van der Waals surface area contributed by atoms with Gasteiger partial charge in [0.25, 0.3) is 0 Å². The summed E-state index contributed by atoms with van der Waals surface area (Å²) in [5.74, 6) is 1.15. The molecule has 0 amide bonds. The summed E-state index contributed by atoms with van der Waals surface area (Å²) in [6.45, 7) is 6.25. The standard InChI is InChI=1S/C42H47F2N5O6/c1-3-29-32(43)8-7-26-18-28(50)19-30(34(26)29)36-35(44)37-31(21-45-36)38(48-14-17-53-23-40(2,51)22-48)47-39(46-37)54-24-41-10-4-6-33(41)49(13-5-11-41)27-9-15-55-42(20-27)12-16-52-25-42/h1,7-8,18-19,21,27,33,50-51H,4-6,9-17,20,22-25H2,2H3. The summed E-state index contributed by atoms with van der Waals surface area (Å²) in [4.78, 5) is 18.7. The molecule has 5 atom stereocenters. The van der Waals surface area contributed by atoms with E-state index < -0.39 is 17.2 Å². The van der Waals surface area contributed by atoms with Crippen LogP contribution in [0.2, 0.25) is 0 Å². The average molecular weight is 756 g/mol. The summed E-state index contributed by atoms with van der Waals surface area (Å²) in [5, 5.41) is 22.8. The number of piperidine rings is 1. The maximum Gasteiger partial charge on any atom is 0.319 e. The number of rotatable bonds is 6. The molecule has 4 aromatic rings. The number of aliphatic hydroxyl groups is 1. The van der Waals surface area contributed by atoms with E-state index in [1.807, 2.05) is 4.90 Å². The molecule has 0 bridgehead atoms. The van der Waals surface area contributed by atoms with Gasteiger partial charge >= 0.3 is 6.01 Å². The third kappa shape index (κ3) is 6.55. The van der Waals surface area contributed by atoms with E-state index >= 15 is 8.78 Å². The molecule has 5 unspecified atom stereocenters. The number of nitrogens with zero attached hydrogens (tertiary/aromatic N) is 5. The summed E-state index contributed by atoms with van der Waals surface area (Å²) < 4.78 is 56.6. The Kier molecular flexibility index (Phi) is 9.33. The average Bonchev–Trinajstić information content (AvgIpc) is 3.77. The fraction of sp³-hybridized carbons (Fsp3) is 0.548. The SMILES string of the molecule is C#Cc1c(F)ccc2cc(O)cc(-c3ncc4c(N5CCOCC(C)(O)C5)nc(OCC56CCCC5N(C5CCOC7(CCOC7)C5)CCC6)nc4c3F)c12. The lowest BCUT2D eigenvalue weighted by Gasteiger charge is -2.52. The molecule has 2 N–H and O–H groups in total. The molecule has 5 fully saturated rings. The Labute approximate surface area is 318 Å². The number of aromatic hydroxyl groups is 1. The van der Waals surface area contributed by atoms with E-state index in [4.69, 9.17) is 35.3 Å². The molecule has 0 radical (unpaired) electrons. The smallest absolute Gasteiger partial charge is 0.319 e. The molecule has 2 aromatic carbocycles. The van der Waals surface area contributed by atoms with Crippen LogP contribution in [0, 0.1) is 29.4 Å². The summed E-state index contributed by atoms with van der Waals surface area (Å²) in [5.41, 5.74) is -1.65. The molecule has 9 rings (SSSR count). The lowest BCUT2D eigenvalue weighted by Crippen LogP contribution is -2.58. The third-order valence-corrected chi connectivity index (χ3v) is 12.7. The quantitative estimate of drug-likeness (QED) is 0.234. The second-order valence-electron chi connectivity index (χ2n) is 16.5. The van der Waals surface area contributed by atoms with Gasteiger partial charge in [0.1, 0.15) is 34.2 Å². The molecule has 2 aromatic heterocycles. The Morgan fingerprint density at radius 1 is 1.04 bits per heavy atom. The van der Waals surface area contributed by atoms with Crippen molar-refractivity contribution in [1.29, 1.82) is 0 Å². The summed E-state index contributed by atoms with van der Waals surface area (Å²) in [6, 6.07) is 6.25. The van der Waals surface area contributed by atoms with E-state index in [0.717, 1.165) is 71.1 Å². The predicted molar refractivity (Wildman–Crippen MR) is 202 cm³/mol. The third-order valence-electron chi connectivity index (χ3n) is 12.7. The van der Waals surface area contributed by atoms with Gasteiger partial charge in [0.2, 0.25) is 0 Å². The zero-order valence-electron chi connectivity index (χ0n) is 31.2. The molecule has 13 heteroatoms. The molecule has 55 heavy (non-hydrogen) atoms. The molecule has 1 spiro atoms. The van der Waals surface area contributed by atoms with E-state index in [2.05, 4.69) is 15.8 Å². The van der Waals surface area contributed by atoms with Crippen LogP contribution in [0.25, 0.3) is 32.9 Å². The first kappa shape index (κ1) is 36.4. The van der Waals surface area contributed by atoms with Gasteiger partial charge in [0, 0.05) is 60.8 Å². The number of anilines is 1. The first-order chi connectivity index (χ1) is 26.6. The lowest BCUT2D eigenvalue weighted by molar-refractivity contribution is -0.125. The van der Waals surface area contributed by atoms with Gasteiger partial charge in [0.05, 0.1) is 49.5 Å². The Bertz CT molecular complexity index is 2170. The summed E-state index contributed by atoms with van der Waals surface area (Å²) >= 11 is 0. The highest BCUT2D eigenvalue weighted by molar-refractivity contribution is 6.03. The minimum atomic E-state index is -1.20. The van der Waals surface area contributed by atoms with Crippen LogP contribution in [0.4, 0.5) is 14.6 Å². The normalized spacial score (nSPS) is 30.1. The van der Waals surface area contributed by atoms with Crippen LogP contribution in [0.1, 0.15) is 63.9 Å². The second-order valence-corrected chi connectivity index (χ2v) is 16.5. The van der Waals surface area contributed by atoms with Crippen molar-refractivity contribution >= 4 is 27.5 Å². The van der Waals surface area contributed by atoms with Crippen molar-refractivity contribution in [3.8, 4) is 35.4 Å². The van der Waals surface area contributed by atoms with Gasteiger partial charge in [-0.15, -0.1) is 6.42 Å². The summed E-state index contributed by atoms with van der Waals surface area (Å²) in [6.07, 6.45) is 15.4. The number of hydrogen-bond acceptors (Lipinski definition) is 11. The van der Waals surface area contributed by atoms with Gasteiger partial charge in [-0.25, -0.2) is 8.78 Å². The topological polar surface area (TPSA) is 123 Å². The van der Waals surface area contributed by atoms with Crippen molar-refractivity contribution in [2.45, 2.75) is 81.6 Å². The largest absolute Gasteiger partial charge is 0.508 e. The highest BCUT2D eigenvalue weighted by atomic mass is 19.1. The van der Waals surface area contributed by atoms with Crippen LogP contribution in [-0.2, 0) is 14.2 Å². The maximum atomic E-state index is 17.1. The minimum absolute atomic E-state index is 0.0183. The van der Waals surface area contributed by atoms with Crippen molar-refractivity contribution in [1.82, 2.24) is 19.9 Å². The number of likely N-dealkylation sites (tertiary alicyclic amines) is 1. The predicted octanol–water partition coefficient (Wildman–Crippen LogP) is 5.75. The molecule has 6 heterocycles. The van der Waals surface area contributed by atoms with E-state index in [0.29, 0.717) is 55.0 Å². The zero-order chi connectivity index (χ0) is 38.0. The Hall–Kier alpha value is -4.19. The molecule has 4 aliphatic heterocycles. The molecule has 4 saturated heterocycles. The van der Waals surface area contributed by atoms with Crippen LogP contribution in [0.3, 0.4) is 0 Å². The highest BCUT2D eigenvalue weighted by Gasteiger charge is 2.52. The van der Waals surface area contributed by atoms with E-state index in [-0.39, 0.29) is 63.7 Å². The van der Waals surface area contributed by atoms with Crippen LogP contribution < -0.4 is 9.64 Å². The molecule has 11 nitrogen and oxygen atoms in total. The molecular formula is C42H47F2N5O6. The number of halogens is 2. The van der Waals surface area contributed by atoms with Crippen molar-refractivity contribution in [2.75, 3.05) is 64.2 Å². The van der Waals surface area contributed by atoms with Crippen molar-refractivity contribution in [3.05, 3.63) is 47.7 Å². The second kappa shape index (κ2) is 14.1. The number of phenols is 1. The zero-order valence-corrected chi connectivity index (χ0v) is 31.2. The number of aromatic nitrogens is 3. The number of terminal acetylenes is 1. The minimum Gasteiger partial charge on any atom is -0.508 e. The highest BCUT2D eigenvalue weighted by Crippen LogP contribution is 2.50. The van der Waals surface area contributed by atoms with Gasteiger partial charge in [-0.1, -0.05) is 18.4 Å². The van der Waals surface area contributed by atoms with Gasteiger partial charge in [-0.2, -0.15) is 9.97 Å². The van der Waals surface area contributed by atoms with E-state index in [1.54, 1.807) is 6.92 Å². The van der Waals surface area contributed by atoms with Crippen molar-refractivity contribution in [3.63, 3.8) is 0 Å². The van der Waals surface area contributed by atoms with Gasteiger partial charge in [0.15, 0.2) is 5.82 Å². The van der Waals surface area contributed by atoms with Crippen LogP contribution in [0.5, 0.6) is 11.8 Å². The fourth-order valence-electron chi connectivity index (χ4n) is 10.2. The van der Waals surface area contributed by atoms with Crippen LogP contribution in [-0.4, -0.2) is 113 Å². The monoisotopic (exact) mass is 755 g/mol. The van der Waals surface area contributed by atoms with Gasteiger partial charge in [-0.3, -0.25) is 9.88 Å². The first-order valence-electron chi connectivity index (χ1n) is 19.5. The van der Waals surface area contributed by atoms with Crippen molar-refractivity contribution in [2.24, 2.45) is 5.41 Å². The number of fused-ring (bicyclic) bond motifs is 3.